The van der Waals surface area contributed by atoms with E-state index in [9.17, 15) is 9.59 Å². The summed E-state index contributed by atoms with van der Waals surface area (Å²) in [6.07, 6.45) is 1.19. The van der Waals surface area contributed by atoms with Crippen molar-refractivity contribution in [1.82, 2.24) is 9.80 Å². The van der Waals surface area contributed by atoms with Crippen molar-refractivity contribution < 1.29 is 9.59 Å². The molecule has 0 aromatic heterocycles. The molecule has 1 aliphatic heterocycles. The van der Waals surface area contributed by atoms with Gasteiger partial charge in [0, 0.05) is 37.1 Å². The van der Waals surface area contributed by atoms with E-state index in [0.29, 0.717) is 31.1 Å². The number of nitrogens with zero attached hydrogens (tertiary/aromatic N) is 2. The zero-order chi connectivity index (χ0) is 16.1. The van der Waals surface area contributed by atoms with Crippen LogP contribution >= 0.6 is 11.6 Å². The topological polar surface area (TPSA) is 40.6 Å². The molecule has 0 aliphatic carbocycles. The summed E-state index contributed by atoms with van der Waals surface area (Å²) in [7, 11) is 0. The molecule has 1 aromatic rings. The van der Waals surface area contributed by atoms with Gasteiger partial charge in [-0.3, -0.25) is 9.59 Å². The Balaban J connectivity index is 1.93. The smallest absolute Gasteiger partial charge is 0.227 e. The van der Waals surface area contributed by atoms with Crippen molar-refractivity contribution in [2.24, 2.45) is 5.92 Å². The molecule has 0 radical (unpaired) electrons. The number of hydrogen-bond acceptors (Lipinski definition) is 2. The summed E-state index contributed by atoms with van der Waals surface area (Å²) in [5, 5.41) is 0.648. The van der Waals surface area contributed by atoms with Crippen molar-refractivity contribution >= 4 is 23.4 Å². The van der Waals surface area contributed by atoms with Crippen LogP contribution in [-0.2, 0) is 16.0 Å². The van der Waals surface area contributed by atoms with Gasteiger partial charge in [-0.15, -0.1) is 0 Å². The number of hydrogen-bond donors (Lipinski definition) is 0. The number of halogens is 1. The molecule has 2 amide bonds. The molecule has 1 heterocycles. The third kappa shape index (κ3) is 4.47. The lowest BCUT2D eigenvalue weighted by Gasteiger charge is -2.23. The molecule has 4 nitrogen and oxygen atoms in total. The van der Waals surface area contributed by atoms with Crippen LogP contribution < -0.4 is 0 Å². The molecule has 1 fully saturated rings. The van der Waals surface area contributed by atoms with Crippen molar-refractivity contribution in [3.63, 3.8) is 0 Å². The maximum Gasteiger partial charge on any atom is 0.227 e. The van der Waals surface area contributed by atoms with Crippen LogP contribution in [0.2, 0.25) is 5.02 Å². The van der Waals surface area contributed by atoms with Crippen LogP contribution in [0.4, 0.5) is 0 Å². The SMILES string of the molecule is CC(C)C(=O)N1CCCN(C(=O)Cc2cccc(Cl)c2)CC1. The highest BCUT2D eigenvalue weighted by atomic mass is 35.5. The second kappa shape index (κ2) is 7.63. The Labute approximate surface area is 137 Å². The van der Waals surface area contributed by atoms with Gasteiger partial charge in [-0.05, 0) is 24.1 Å². The highest BCUT2D eigenvalue weighted by molar-refractivity contribution is 6.30. The molecule has 22 heavy (non-hydrogen) atoms. The molecule has 120 valence electrons. The summed E-state index contributed by atoms with van der Waals surface area (Å²) in [6, 6.07) is 7.40. The molecule has 0 N–H and O–H groups in total. The largest absolute Gasteiger partial charge is 0.341 e. The van der Waals surface area contributed by atoms with Crippen LogP contribution in [0.25, 0.3) is 0 Å². The van der Waals surface area contributed by atoms with Crippen LogP contribution in [-0.4, -0.2) is 47.8 Å². The Morgan fingerprint density at radius 1 is 1.14 bits per heavy atom. The molecule has 0 unspecified atom stereocenters. The van der Waals surface area contributed by atoms with Crippen molar-refractivity contribution in [2.45, 2.75) is 26.7 Å². The van der Waals surface area contributed by atoms with Crippen LogP contribution in [0, 0.1) is 5.92 Å². The molecule has 1 aromatic carbocycles. The van der Waals surface area contributed by atoms with Gasteiger partial charge in [0.05, 0.1) is 6.42 Å². The average Bonchev–Trinajstić information content (AvgIpc) is 2.72. The average molecular weight is 323 g/mol. The fourth-order valence-corrected chi connectivity index (χ4v) is 2.90. The fraction of sp³-hybridized carbons (Fsp3) is 0.529. The third-order valence-electron chi connectivity index (χ3n) is 3.90. The van der Waals surface area contributed by atoms with Gasteiger partial charge in [0.2, 0.25) is 11.8 Å². The van der Waals surface area contributed by atoms with Gasteiger partial charge >= 0.3 is 0 Å². The second-order valence-corrected chi connectivity index (χ2v) is 6.46. The standard InChI is InChI=1S/C17H23ClN2O2/c1-13(2)17(22)20-8-4-7-19(9-10-20)16(21)12-14-5-3-6-15(18)11-14/h3,5-6,11,13H,4,7-10,12H2,1-2H3. The van der Waals surface area contributed by atoms with E-state index in [1.807, 2.05) is 41.8 Å². The number of carbonyl (C=O) groups excluding carboxylic acids is 2. The van der Waals surface area contributed by atoms with E-state index in [0.717, 1.165) is 18.5 Å². The van der Waals surface area contributed by atoms with Crippen LogP contribution in [0.1, 0.15) is 25.8 Å². The van der Waals surface area contributed by atoms with Crippen LogP contribution in [0.5, 0.6) is 0 Å². The first-order valence-corrected chi connectivity index (χ1v) is 8.16. The predicted octanol–water partition coefficient (Wildman–Crippen LogP) is 2.60. The van der Waals surface area contributed by atoms with Gasteiger partial charge in [-0.25, -0.2) is 0 Å². The molecule has 0 atom stereocenters. The summed E-state index contributed by atoms with van der Waals surface area (Å²) in [4.78, 5) is 28.2. The zero-order valence-corrected chi connectivity index (χ0v) is 14.0. The number of rotatable bonds is 3. The first kappa shape index (κ1) is 16.8. The van der Waals surface area contributed by atoms with Crippen molar-refractivity contribution in [1.29, 1.82) is 0 Å². The Bertz CT molecular complexity index is 545. The van der Waals surface area contributed by atoms with Gasteiger partial charge in [-0.2, -0.15) is 0 Å². The Morgan fingerprint density at radius 3 is 2.50 bits per heavy atom. The van der Waals surface area contributed by atoms with E-state index >= 15 is 0 Å². The molecule has 2 rings (SSSR count). The predicted molar refractivity (Wildman–Crippen MR) is 87.8 cm³/mol. The number of benzene rings is 1. The van der Waals surface area contributed by atoms with Gasteiger partial charge in [0.15, 0.2) is 0 Å². The Kier molecular flexibility index (Phi) is 5.83. The lowest BCUT2D eigenvalue weighted by Crippen LogP contribution is -2.39. The van der Waals surface area contributed by atoms with Gasteiger partial charge in [-0.1, -0.05) is 37.6 Å². The lowest BCUT2D eigenvalue weighted by molar-refractivity contribution is -0.135. The number of amides is 2. The maximum atomic E-state index is 12.4. The van der Waals surface area contributed by atoms with E-state index in [4.69, 9.17) is 11.6 Å². The number of carbonyl (C=O) groups is 2. The molecule has 0 saturated carbocycles. The molecule has 5 heteroatoms. The highest BCUT2D eigenvalue weighted by Crippen LogP contribution is 2.13. The summed E-state index contributed by atoms with van der Waals surface area (Å²) in [5.74, 6) is 0.277. The zero-order valence-electron chi connectivity index (χ0n) is 13.2. The van der Waals surface area contributed by atoms with Crippen molar-refractivity contribution in [3.05, 3.63) is 34.9 Å². The minimum atomic E-state index is 0.00807. The normalized spacial score (nSPS) is 15.8. The maximum absolute atomic E-state index is 12.4. The summed E-state index contributed by atoms with van der Waals surface area (Å²) in [6.45, 7) is 6.50. The van der Waals surface area contributed by atoms with E-state index in [-0.39, 0.29) is 17.7 Å². The monoisotopic (exact) mass is 322 g/mol. The van der Waals surface area contributed by atoms with Crippen LogP contribution in [0.3, 0.4) is 0 Å². The van der Waals surface area contributed by atoms with Crippen molar-refractivity contribution in [3.8, 4) is 0 Å². The lowest BCUT2D eigenvalue weighted by atomic mass is 10.1. The Hall–Kier alpha value is -1.55. The molecule has 1 saturated heterocycles. The van der Waals surface area contributed by atoms with Gasteiger partial charge < -0.3 is 9.80 Å². The summed E-state index contributed by atoms with van der Waals surface area (Å²) >= 11 is 5.95. The quantitative estimate of drug-likeness (QED) is 0.858. The third-order valence-corrected chi connectivity index (χ3v) is 4.13. The first-order valence-electron chi connectivity index (χ1n) is 7.78. The fourth-order valence-electron chi connectivity index (χ4n) is 2.69. The molecular weight excluding hydrogens is 300 g/mol. The van der Waals surface area contributed by atoms with Crippen molar-refractivity contribution in [2.75, 3.05) is 26.2 Å². The van der Waals surface area contributed by atoms with E-state index in [1.165, 1.54) is 0 Å². The van der Waals surface area contributed by atoms with Crippen LogP contribution in [0.15, 0.2) is 24.3 Å². The second-order valence-electron chi connectivity index (χ2n) is 6.02. The highest BCUT2D eigenvalue weighted by Gasteiger charge is 2.23. The molecule has 0 spiro atoms. The molecule has 0 bridgehead atoms. The minimum Gasteiger partial charge on any atom is -0.341 e. The van der Waals surface area contributed by atoms with Gasteiger partial charge in [0.1, 0.15) is 0 Å². The van der Waals surface area contributed by atoms with E-state index in [2.05, 4.69) is 0 Å². The molecular formula is C17H23ClN2O2. The summed E-state index contributed by atoms with van der Waals surface area (Å²) in [5.41, 5.74) is 0.928. The summed E-state index contributed by atoms with van der Waals surface area (Å²) < 4.78 is 0. The van der Waals surface area contributed by atoms with E-state index in [1.54, 1.807) is 6.07 Å². The first-order chi connectivity index (χ1) is 10.5. The minimum absolute atomic E-state index is 0.00807. The molecule has 1 aliphatic rings. The Morgan fingerprint density at radius 2 is 1.82 bits per heavy atom. The van der Waals surface area contributed by atoms with E-state index < -0.39 is 0 Å². The van der Waals surface area contributed by atoms with Gasteiger partial charge in [0.25, 0.3) is 0 Å².